The lowest BCUT2D eigenvalue weighted by Gasteiger charge is -2.14. The summed E-state index contributed by atoms with van der Waals surface area (Å²) in [6.45, 7) is 7.61. The average molecular weight is 558 g/mol. The van der Waals surface area contributed by atoms with Crippen molar-refractivity contribution in [3.8, 4) is 11.5 Å². The standard InChI is InChI=1S/C23H31FN4O3.HI/c1-5-25-22(29)15-31-20-10-9-18(12-21(20)30-4)14-28-23(26-6-2)27-13-17-8-7-16(3)19(24)11-17;/h7-12H,5-6,13-15H2,1-4H3,(H,25,29)(H2,26,27,28);1H. The van der Waals surface area contributed by atoms with Crippen LogP contribution in [0, 0.1) is 12.7 Å². The summed E-state index contributed by atoms with van der Waals surface area (Å²) in [7, 11) is 1.55. The van der Waals surface area contributed by atoms with Gasteiger partial charge in [0.05, 0.1) is 13.7 Å². The first-order chi connectivity index (χ1) is 15.0. The summed E-state index contributed by atoms with van der Waals surface area (Å²) in [5.74, 6) is 1.25. The summed E-state index contributed by atoms with van der Waals surface area (Å²) >= 11 is 0. The predicted octanol–water partition coefficient (Wildman–Crippen LogP) is 3.53. The second-order valence-electron chi connectivity index (χ2n) is 6.86. The number of methoxy groups -OCH3 is 1. The summed E-state index contributed by atoms with van der Waals surface area (Å²) < 4.78 is 24.7. The van der Waals surface area contributed by atoms with Crippen molar-refractivity contribution in [1.29, 1.82) is 0 Å². The van der Waals surface area contributed by atoms with E-state index in [-0.39, 0.29) is 42.3 Å². The first-order valence-corrected chi connectivity index (χ1v) is 10.3. The zero-order valence-corrected chi connectivity index (χ0v) is 21.3. The summed E-state index contributed by atoms with van der Waals surface area (Å²) in [5, 5.41) is 9.12. The van der Waals surface area contributed by atoms with Crippen LogP contribution < -0.4 is 25.4 Å². The fraction of sp³-hybridized carbons (Fsp3) is 0.391. The first kappa shape index (κ1) is 27.5. The van der Waals surface area contributed by atoms with Crippen molar-refractivity contribution in [2.24, 2.45) is 4.99 Å². The van der Waals surface area contributed by atoms with Gasteiger partial charge in [0.15, 0.2) is 24.1 Å². The number of hydrogen-bond donors (Lipinski definition) is 3. The number of benzene rings is 2. The fourth-order valence-corrected chi connectivity index (χ4v) is 2.77. The zero-order chi connectivity index (χ0) is 22.6. The van der Waals surface area contributed by atoms with Crippen LogP contribution in [0.25, 0.3) is 0 Å². The molecule has 1 amide bonds. The van der Waals surface area contributed by atoms with E-state index in [1.54, 1.807) is 26.2 Å². The topological polar surface area (TPSA) is 84.0 Å². The molecule has 176 valence electrons. The van der Waals surface area contributed by atoms with Crippen LogP contribution in [0.4, 0.5) is 4.39 Å². The van der Waals surface area contributed by atoms with Crippen molar-refractivity contribution >= 4 is 35.8 Å². The van der Waals surface area contributed by atoms with E-state index in [4.69, 9.17) is 9.47 Å². The van der Waals surface area contributed by atoms with E-state index in [2.05, 4.69) is 20.9 Å². The summed E-state index contributed by atoms with van der Waals surface area (Å²) in [6.07, 6.45) is 0. The molecule has 0 atom stereocenters. The second kappa shape index (κ2) is 14.5. The summed E-state index contributed by atoms with van der Waals surface area (Å²) in [6, 6.07) is 10.6. The number of aliphatic imine (C=N–C) groups is 1. The van der Waals surface area contributed by atoms with Gasteiger partial charge in [-0.25, -0.2) is 9.38 Å². The molecule has 0 radical (unpaired) electrons. The van der Waals surface area contributed by atoms with Crippen molar-refractivity contribution in [2.75, 3.05) is 26.8 Å². The molecule has 0 spiro atoms. The number of carbonyl (C=O) groups is 1. The third-order valence-electron chi connectivity index (χ3n) is 4.42. The molecule has 0 aliphatic carbocycles. The Morgan fingerprint density at radius 1 is 1.00 bits per heavy atom. The Hall–Kier alpha value is -2.56. The Balaban J connectivity index is 0.00000512. The van der Waals surface area contributed by atoms with Gasteiger partial charge in [-0.3, -0.25) is 4.79 Å². The highest BCUT2D eigenvalue weighted by Crippen LogP contribution is 2.28. The fourth-order valence-electron chi connectivity index (χ4n) is 2.77. The van der Waals surface area contributed by atoms with Crippen LogP contribution in [0.15, 0.2) is 41.4 Å². The molecular weight excluding hydrogens is 526 g/mol. The smallest absolute Gasteiger partial charge is 0.257 e. The van der Waals surface area contributed by atoms with Crippen LogP contribution in [0.2, 0.25) is 0 Å². The van der Waals surface area contributed by atoms with Gasteiger partial charge in [0.1, 0.15) is 5.82 Å². The molecule has 7 nitrogen and oxygen atoms in total. The number of ether oxygens (including phenoxy) is 2. The number of hydrogen-bond acceptors (Lipinski definition) is 4. The number of likely N-dealkylation sites (N-methyl/N-ethyl adjacent to an activating group) is 1. The highest BCUT2D eigenvalue weighted by molar-refractivity contribution is 14.0. The molecule has 9 heteroatoms. The summed E-state index contributed by atoms with van der Waals surface area (Å²) in [4.78, 5) is 16.1. The Labute approximate surface area is 206 Å². The van der Waals surface area contributed by atoms with Crippen LogP contribution in [-0.2, 0) is 17.9 Å². The third-order valence-corrected chi connectivity index (χ3v) is 4.42. The minimum atomic E-state index is -0.229. The molecule has 2 rings (SSSR count). The van der Waals surface area contributed by atoms with Crippen LogP contribution in [0.3, 0.4) is 0 Å². The maximum absolute atomic E-state index is 13.7. The van der Waals surface area contributed by atoms with Crippen LogP contribution in [0.5, 0.6) is 11.5 Å². The van der Waals surface area contributed by atoms with Crippen molar-refractivity contribution in [3.63, 3.8) is 0 Å². The van der Waals surface area contributed by atoms with Gasteiger partial charge in [0, 0.05) is 19.6 Å². The Bertz CT molecular complexity index is 909. The number of halogens is 2. The molecule has 0 saturated carbocycles. The molecule has 0 aliphatic rings. The molecule has 0 aliphatic heterocycles. The van der Waals surface area contributed by atoms with E-state index < -0.39 is 0 Å². The Morgan fingerprint density at radius 2 is 1.72 bits per heavy atom. The monoisotopic (exact) mass is 558 g/mol. The lowest BCUT2D eigenvalue weighted by molar-refractivity contribution is -0.123. The van der Waals surface area contributed by atoms with Crippen molar-refractivity contribution in [1.82, 2.24) is 16.0 Å². The number of amides is 1. The van der Waals surface area contributed by atoms with Crippen molar-refractivity contribution < 1.29 is 18.7 Å². The van der Waals surface area contributed by atoms with Crippen LogP contribution >= 0.6 is 24.0 Å². The molecule has 0 saturated heterocycles. The van der Waals surface area contributed by atoms with Gasteiger partial charge in [0.2, 0.25) is 0 Å². The lowest BCUT2D eigenvalue weighted by atomic mass is 10.1. The highest BCUT2D eigenvalue weighted by atomic mass is 127. The number of carbonyl (C=O) groups excluding carboxylic acids is 1. The number of rotatable bonds is 10. The van der Waals surface area contributed by atoms with Gasteiger partial charge < -0.3 is 25.4 Å². The average Bonchev–Trinajstić information content (AvgIpc) is 2.77. The zero-order valence-electron chi connectivity index (χ0n) is 19.0. The van der Waals surface area contributed by atoms with Gasteiger partial charge in [-0.05, 0) is 55.7 Å². The van der Waals surface area contributed by atoms with Crippen molar-refractivity contribution in [2.45, 2.75) is 33.9 Å². The van der Waals surface area contributed by atoms with E-state index in [1.165, 1.54) is 6.07 Å². The first-order valence-electron chi connectivity index (χ1n) is 10.3. The van der Waals surface area contributed by atoms with E-state index in [1.807, 2.05) is 32.0 Å². The number of guanidine groups is 1. The van der Waals surface area contributed by atoms with E-state index in [0.717, 1.165) is 11.1 Å². The lowest BCUT2D eigenvalue weighted by Crippen LogP contribution is -2.36. The quantitative estimate of drug-likeness (QED) is 0.236. The van der Waals surface area contributed by atoms with Crippen LogP contribution in [0.1, 0.15) is 30.5 Å². The minimum absolute atomic E-state index is 0. The van der Waals surface area contributed by atoms with Gasteiger partial charge >= 0.3 is 0 Å². The number of aryl methyl sites for hydroxylation is 1. The Morgan fingerprint density at radius 3 is 2.38 bits per heavy atom. The molecular formula is C23H32FIN4O3. The molecule has 0 aromatic heterocycles. The maximum atomic E-state index is 13.7. The molecule has 0 unspecified atom stereocenters. The Kier molecular flexibility index (Phi) is 12.4. The predicted molar refractivity (Wildman–Crippen MR) is 135 cm³/mol. The maximum Gasteiger partial charge on any atom is 0.257 e. The molecule has 0 heterocycles. The molecule has 0 fully saturated rings. The van der Waals surface area contributed by atoms with E-state index in [0.29, 0.717) is 49.2 Å². The normalized spacial score (nSPS) is 10.7. The minimum Gasteiger partial charge on any atom is -0.493 e. The molecule has 32 heavy (non-hydrogen) atoms. The van der Waals surface area contributed by atoms with E-state index in [9.17, 15) is 9.18 Å². The largest absolute Gasteiger partial charge is 0.493 e. The van der Waals surface area contributed by atoms with Gasteiger partial charge in [-0.15, -0.1) is 24.0 Å². The SMILES string of the molecule is CCNC(=O)COc1ccc(CNC(=NCc2ccc(C)c(F)c2)NCC)cc1OC.I. The highest BCUT2D eigenvalue weighted by Gasteiger charge is 2.09. The number of nitrogens with one attached hydrogen (secondary N) is 3. The molecule has 2 aromatic rings. The molecule has 3 N–H and O–H groups in total. The van der Waals surface area contributed by atoms with E-state index >= 15 is 0 Å². The van der Waals surface area contributed by atoms with Gasteiger partial charge in [-0.2, -0.15) is 0 Å². The van der Waals surface area contributed by atoms with Crippen molar-refractivity contribution in [3.05, 3.63) is 58.9 Å². The van der Waals surface area contributed by atoms with Crippen LogP contribution in [-0.4, -0.2) is 38.7 Å². The number of nitrogens with zero attached hydrogens (tertiary/aromatic N) is 1. The van der Waals surface area contributed by atoms with Gasteiger partial charge in [0.25, 0.3) is 5.91 Å². The van der Waals surface area contributed by atoms with Gasteiger partial charge in [-0.1, -0.05) is 18.2 Å². The molecule has 2 aromatic carbocycles. The molecule has 0 bridgehead atoms. The summed E-state index contributed by atoms with van der Waals surface area (Å²) in [5.41, 5.74) is 2.37. The second-order valence-corrected chi connectivity index (χ2v) is 6.86. The third kappa shape index (κ3) is 8.89.